The van der Waals surface area contributed by atoms with E-state index in [0.717, 1.165) is 17.5 Å². The number of amides is 2. The third kappa shape index (κ3) is 6.53. The Balaban J connectivity index is 1.40. The highest BCUT2D eigenvalue weighted by Gasteiger charge is 2.25. The fourth-order valence-corrected chi connectivity index (χ4v) is 4.67. The maximum absolute atomic E-state index is 13.3. The van der Waals surface area contributed by atoms with Gasteiger partial charge in [-0.25, -0.2) is 13.8 Å². The molecule has 2 aromatic carbocycles. The fraction of sp³-hybridized carbons (Fsp3) is 0.444. The lowest BCUT2D eigenvalue weighted by molar-refractivity contribution is -0.145. The number of aromatic nitrogens is 2. The average molecular weight is 528 g/mol. The Morgan fingerprint density at radius 2 is 1.76 bits per heavy atom. The molecule has 0 saturated heterocycles. The average Bonchev–Trinajstić information content (AvgIpc) is 3.48. The number of likely N-dealkylation sites (N-methyl/N-ethyl adjacent to an activating group) is 2. The second kappa shape index (κ2) is 12.4. The van der Waals surface area contributed by atoms with Gasteiger partial charge in [0.25, 0.3) is 12.3 Å². The fourth-order valence-electron chi connectivity index (χ4n) is 4.67. The number of hydrazine groups is 1. The first-order valence-electron chi connectivity index (χ1n) is 12.8. The number of carbonyl (C=O) groups is 2. The summed E-state index contributed by atoms with van der Waals surface area (Å²) in [7, 11) is 1.74. The van der Waals surface area contributed by atoms with Crippen LogP contribution < -0.4 is 15.5 Å². The number of anilines is 1. The summed E-state index contributed by atoms with van der Waals surface area (Å²) < 4.78 is 26.9. The SMILES string of the molecule is CCNCCN(C(=O)CNCC(=O)N(C)N1Cc2ccccc2C1)c1cc2nn(CC(F)F)cc2cc1C. The van der Waals surface area contributed by atoms with Crippen LogP contribution in [-0.4, -0.2) is 77.8 Å². The minimum atomic E-state index is -2.50. The molecule has 2 heterocycles. The van der Waals surface area contributed by atoms with E-state index in [2.05, 4.69) is 27.9 Å². The van der Waals surface area contributed by atoms with Crippen molar-refractivity contribution in [2.45, 2.75) is 39.9 Å². The zero-order chi connectivity index (χ0) is 27.2. The van der Waals surface area contributed by atoms with Crippen molar-refractivity contribution >= 4 is 28.4 Å². The molecule has 0 atom stereocenters. The van der Waals surface area contributed by atoms with Gasteiger partial charge in [0.1, 0.15) is 6.54 Å². The highest BCUT2D eigenvalue weighted by Crippen LogP contribution is 2.27. The molecule has 3 aromatic rings. The van der Waals surface area contributed by atoms with E-state index in [0.29, 0.717) is 37.4 Å². The number of hydrogen-bond acceptors (Lipinski definition) is 6. The van der Waals surface area contributed by atoms with E-state index in [4.69, 9.17) is 0 Å². The number of halogens is 2. The van der Waals surface area contributed by atoms with Crippen molar-refractivity contribution in [3.63, 3.8) is 0 Å². The molecule has 9 nitrogen and oxygen atoms in total. The zero-order valence-electron chi connectivity index (χ0n) is 22.1. The van der Waals surface area contributed by atoms with E-state index in [1.54, 1.807) is 29.2 Å². The second-order valence-electron chi connectivity index (χ2n) is 9.45. The Kier molecular flexibility index (Phi) is 9.03. The quantitative estimate of drug-likeness (QED) is 0.352. The summed E-state index contributed by atoms with van der Waals surface area (Å²) in [6, 6.07) is 11.7. The third-order valence-corrected chi connectivity index (χ3v) is 6.71. The van der Waals surface area contributed by atoms with Crippen LogP contribution in [0.3, 0.4) is 0 Å². The highest BCUT2D eigenvalue weighted by atomic mass is 19.3. The van der Waals surface area contributed by atoms with E-state index in [1.807, 2.05) is 37.1 Å². The maximum atomic E-state index is 13.3. The standard InChI is InChI=1S/C27H35F2N7O2/c1-4-30-9-10-36(24-12-23-22(11-19(24)2)15-34(32-23)18-25(28)29)27(38)14-31-13-26(37)33(3)35-16-20-7-5-6-8-21(20)17-35/h5-8,11-12,15,25,30-31H,4,9-10,13-14,16-18H2,1-3H3. The molecule has 4 rings (SSSR count). The molecule has 0 bridgehead atoms. The van der Waals surface area contributed by atoms with Gasteiger partial charge in [-0.15, -0.1) is 0 Å². The van der Waals surface area contributed by atoms with Crippen molar-refractivity contribution < 1.29 is 18.4 Å². The maximum Gasteiger partial charge on any atom is 0.257 e. The Hall–Kier alpha value is -3.41. The number of aryl methyl sites for hydroxylation is 1. The summed E-state index contributed by atoms with van der Waals surface area (Å²) in [5.41, 5.74) is 4.46. The van der Waals surface area contributed by atoms with Gasteiger partial charge in [0.15, 0.2) is 0 Å². The van der Waals surface area contributed by atoms with Gasteiger partial charge in [0, 0.05) is 50.5 Å². The number of fused-ring (bicyclic) bond motifs is 2. The lowest BCUT2D eigenvalue weighted by atomic mass is 10.1. The molecule has 0 radical (unpaired) electrons. The van der Waals surface area contributed by atoms with Crippen LogP contribution in [0, 0.1) is 6.92 Å². The van der Waals surface area contributed by atoms with E-state index >= 15 is 0 Å². The molecule has 0 saturated carbocycles. The molecular weight excluding hydrogens is 492 g/mol. The molecule has 2 N–H and O–H groups in total. The summed E-state index contributed by atoms with van der Waals surface area (Å²) in [6.45, 7) is 6.48. The van der Waals surface area contributed by atoms with Gasteiger partial charge in [0.2, 0.25) is 5.91 Å². The first kappa shape index (κ1) is 27.6. The van der Waals surface area contributed by atoms with E-state index in [-0.39, 0.29) is 24.9 Å². The monoisotopic (exact) mass is 527 g/mol. The van der Waals surface area contributed by atoms with Gasteiger partial charge in [-0.05, 0) is 42.3 Å². The molecule has 0 unspecified atom stereocenters. The highest BCUT2D eigenvalue weighted by molar-refractivity contribution is 5.98. The summed E-state index contributed by atoms with van der Waals surface area (Å²) in [4.78, 5) is 27.8. The lowest BCUT2D eigenvalue weighted by Crippen LogP contribution is -2.47. The molecule has 1 aromatic heterocycles. The van der Waals surface area contributed by atoms with Gasteiger partial charge in [0.05, 0.1) is 18.6 Å². The van der Waals surface area contributed by atoms with Crippen LogP contribution in [0.4, 0.5) is 14.5 Å². The van der Waals surface area contributed by atoms with Crippen LogP contribution >= 0.6 is 0 Å². The first-order valence-corrected chi connectivity index (χ1v) is 12.8. The van der Waals surface area contributed by atoms with Crippen LogP contribution in [0.25, 0.3) is 10.9 Å². The van der Waals surface area contributed by atoms with E-state index in [1.165, 1.54) is 15.8 Å². The predicted molar refractivity (Wildman–Crippen MR) is 143 cm³/mol. The number of carbonyl (C=O) groups excluding carboxylic acids is 2. The first-order chi connectivity index (χ1) is 18.3. The predicted octanol–water partition coefficient (Wildman–Crippen LogP) is 2.53. The molecule has 0 aliphatic carbocycles. The van der Waals surface area contributed by atoms with Gasteiger partial charge in [-0.1, -0.05) is 31.2 Å². The second-order valence-corrected chi connectivity index (χ2v) is 9.45. The summed E-state index contributed by atoms with van der Waals surface area (Å²) in [5.74, 6) is -0.326. The number of alkyl halides is 2. The van der Waals surface area contributed by atoms with Crippen molar-refractivity contribution in [3.8, 4) is 0 Å². The van der Waals surface area contributed by atoms with Crippen molar-refractivity contribution in [2.75, 3.05) is 44.7 Å². The molecule has 11 heteroatoms. The number of hydrogen-bond donors (Lipinski definition) is 2. The normalized spacial score (nSPS) is 13.3. The molecule has 1 aliphatic heterocycles. The van der Waals surface area contributed by atoms with Crippen LogP contribution in [-0.2, 0) is 29.2 Å². The smallest absolute Gasteiger partial charge is 0.257 e. The van der Waals surface area contributed by atoms with Crippen LogP contribution in [0.15, 0.2) is 42.6 Å². The topological polar surface area (TPSA) is 85.7 Å². The zero-order valence-corrected chi connectivity index (χ0v) is 22.1. The van der Waals surface area contributed by atoms with Crippen LogP contribution in [0.1, 0.15) is 23.6 Å². The van der Waals surface area contributed by atoms with Crippen molar-refractivity contribution in [2.24, 2.45) is 0 Å². The Morgan fingerprint density at radius 1 is 1.08 bits per heavy atom. The molecular formula is C27H35F2N7O2. The molecule has 204 valence electrons. The van der Waals surface area contributed by atoms with Crippen LogP contribution in [0.5, 0.6) is 0 Å². The van der Waals surface area contributed by atoms with Gasteiger partial charge < -0.3 is 10.2 Å². The largest absolute Gasteiger partial charge is 0.315 e. The van der Waals surface area contributed by atoms with E-state index < -0.39 is 13.0 Å². The number of benzene rings is 2. The summed E-state index contributed by atoms with van der Waals surface area (Å²) in [6.07, 6.45) is -0.914. The minimum Gasteiger partial charge on any atom is -0.315 e. The minimum absolute atomic E-state index is 0.0200. The third-order valence-electron chi connectivity index (χ3n) is 6.71. The molecule has 38 heavy (non-hydrogen) atoms. The molecule has 0 spiro atoms. The van der Waals surface area contributed by atoms with Crippen molar-refractivity contribution in [1.29, 1.82) is 0 Å². The number of nitrogens with one attached hydrogen (secondary N) is 2. The lowest BCUT2D eigenvalue weighted by Gasteiger charge is -2.28. The summed E-state index contributed by atoms with van der Waals surface area (Å²) >= 11 is 0. The summed E-state index contributed by atoms with van der Waals surface area (Å²) in [5, 5.41) is 14.8. The Morgan fingerprint density at radius 3 is 2.42 bits per heavy atom. The van der Waals surface area contributed by atoms with Crippen LogP contribution in [0.2, 0.25) is 0 Å². The number of nitrogens with zero attached hydrogens (tertiary/aromatic N) is 5. The Bertz CT molecular complexity index is 1250. The van der Waals surface area contributed by atoms with Gasteiger partial charge >= 0.3 is 0 Å². The molecule has 1 aliphatic rings. The Labute approximate surface area is 221 Å². The van der Waals surface area contributed by atoms with Crippen molar-refractivity contribution in [3.05, 3.63) is 59.3 Å². The van der Waals surface area contributed by atoms with Gasteiger partial charge in [-0.2, -0.15) is 5.10 Å². The molecule has 2 amide bonds. The van der Waals surface area contributed by atoms with Crippen molar-refractivity contribution in [1.82, 2.24) is 30.4 Å². The van der Waals surface area contributed by atoms with E-state index in [9.17, 15) is 18.4 Å². The number of rotatable bonds is 12. The van der Waals surface area contributed by atoms with Gasteiger partial charge in [-0.3, -0.25) is 24.6 Å². The molecule has 0 fully saturated rings.